The van der Waals surface area contributed by atoms with E-state index in [1.807, 2.05) is 30.5 Å². The lowest BCUT2D eigenvalue weighted by Crippen LogP contribution is -2.45. The molecule has 1 aromatic heterocycles. The molecule has 0 spiro atoms. The van der Waals surface area contributed by atoms with Gasteiger partial charge in [-0.05, 0) is 41.8 Å². The van der Waals surface area contributed by atoms with Crippen LogP contribution in [0.25, 0.3) is 0 Å². The van der Waals surface area contributed by atoms with E-state index < -0.39 is 0 Å². The molecule has 1 aliphatic rings. The average molecular weight is 374 g/mol. The quantitative estimate of drug-likeness (QED) is 0.710. The molecule has 4 rings (SSSR count). The molecule has 0 amide bonds. The summed E-state index contributed by atoms with van der Waals surface area (Å²) in [5, 5.41) is 3.44. The zero-order valence-electron chi connectivity index (χ0n) is 16.3. The third-order valence-electron chi connectivity index (χ3n) is 5.15. The Morgan fingerprint density at radius 1 is 1.00 bits per heavy atom. The van der Waals surface area contributed by atoms with E-state index in [0.717, 1.165) is 37.6 Å². The van der Waals surface area contributed by atoms with E-state index in [0.29, 0.717) is 6.61 Å². The minimum atomic E-state index is 0.142. The number of rotatable bonds is 6. The van der Waals surface area contributed by atoms with E-state index in [4.69, 9.17) is 9.72 Å². The summed E-state index contributed by atoms with van der Waals surface area (Å²) in [5.74, 6) is 0.897. The first-order chi connectivity index (χ1) is 13.8. The van der Waals surface area contributed by atoms with Gasteiger partial charge in [0.05, 0.1) is 11.7 Å². The Kier molecular flexibility index (Phi) is 6.00. The van der Waals surface area contributed by atoms with Crippen molar-refractivity contribution in [3.8, 4) is 5.75 Å². The molecule has 4 nitrogen and oxygen atoms in total. The number of nitrogens with one attached hydrogen (secondary N) is 1. The summed E-state index contributed by atoms with van der Waals surface area (Å²) in [6.45, 7) is 6.68. The molecule has 3 aromatic rings. The molecule has 28 heavy (non-hydrogen) atoms. The van der Waals surface area contributed by atoms with Crippen LogP contribution in [0.5, 0.6) is 5.75 Å². The van der Waals surface area contributed by atoms with Gasteiger partial charge in [0, 0.05) is 32.4 Å². The van der Waals surface area contributed by atoms with E-state index >= 15 is 0 Å². The third kappa shape index (κ3) is 4.58. The van der Waals surface area contributed by atoms with E-state index in [1.165, 1.54) is 16.7 Å². The fourth-order valence-electron chi connectivity index (χ4n) is 3.67. The van der Waals surface area contributed by atoms with E-state index in [2.05, 4.69) is 59.6 Å². The number of nitrogens with zero attached hydrogens (tertiary/aromatic N) is 2. The van der Waals surface area contributed by atoms with Crippen molar-refractivity contribution in [1.82, 2.24) is 15.2 Å². The number of benzene rings is 2. The van der Waals surface area contributed by atoms with Crippen LogP contribution in [-0.4, -0.2) is 36.1 Å². The van der Waals surface area contributed by atoms with Crippen molar-refractivity contribution < 1.29 is 4.74 Å². The first-order valence-electron chi connectivity index (χ1n) is 9.93. The molecule has 2 heterocycles. The number of aryl methyl sites for hydroxylation is 1. The van der Waals surface area contributed by atoms with Crippen LogP contribution in [-0.2, 0) is 6.61 Å². The topological polar surface area (TPSA) is 37.4 Å². The Morgan fingerprint density at radius 2 is 1.82 bits per heavy atom. The van der Waals surface area contributed by atoms with Crippen molar-refractivity contribution in [2.45, 2.75) is 19.6 Å². The predicted molar refractivity (Wildman–Crippen MR) is 112 cm³/mol. The maximum atomic E-state index is 6.07. The van der Waals surface area contributed by atoms with Crippen molar-refractivity contribution in [1.29, 1.82) is 0 Å². The van der Waals surface area contributed by atoms with Crippen molar-refractivity contribution in [3.63, 3.8) is 0 Å². The molecule has 4 heteroatoms. The fraction of sp³-hybridized carbons (Fsp3) is 0.292. The zero-order valence-corrected chi connectivity index (χ0v) is 16.3. The molecule has 1 unspecified atom stereocenters. The lowest BCUT2D eigenvalue weighted by molar-refractivity contribution is 0.195. The molecule has 0 saturated carbocycles. The second-order valence-electron chi connectivity index (χ2n) is 7.30. The Morgan fingerprint density at radius 3 is 2.57 bits per heavy atom. The normalized spacial score (nSPS) is 15.9. The lowest BCUT2D eigenvalue weighted by Gasteiger charge is -2.35. The molecular formula is C24H27N3O. The van der Waals surface area contributed by atoms with Crippen LogP contribution in [0, 0.1) is 6.92 Å². The second-order valence-corrected chi connectivity index (χ2v) is 7.30. The highest BCUT2D eigenvalue weighted by Crippen LogP contribution is 2.30. The largest absolute Gasteiger partial charge is 0.489 e. The highest BCUT2D eigenvalue weighted by Gasteiger charge is 2.25. The van der Waals surface area contributed by atoms with Gasteiger partial charge in [0.15, 0.2) is 0 Å². The number of ether oxygens (including phenoxy) is 1. The molecule has 2 aromatic carbocycles. The molecule has 1 fully saturated rings. The molecule has 1 aliphatic heterocycles. The third-order valence-corrected chi connectivity index (χ3v) is 5.15. The van der Waals surface area contributed by atoms with E-state index in [9.17, 15) is 0 Å². The van der Waals surface area contributed by atoms with Crippen LogP contribution < -0.4 is 10.1 Å². The summed E-state index contributed by atoms with van der Waals surface area (Å²) in [7, 11) is 0. The van der Waals surface area contributed by atoms with Crippen molar-refractivity contribution in [3.05, 3.63) is 95.3 Å². The van der Waals surface area contributed by atoms with Crippen LogP contribution in [0.15, 0.2) is 72.9 Å². The van der Waals surface area contributed by atoms with E-state index in [-0.39, 0.29) is 6.04 Å². The molecule has 0 radical (unpaired) electrons. The van der Waals surface area contributed by atoms with Crippen LogP contribution in [0.3, 0.4) is 0 Å². The van der Waals surface area contributed by atoms with Crippen LogP contribution in [0.1, 0.15) is 28.4 Å². The Hall–Kier alpha value is -2.69. The predicted octanol–water partition coefficient (Wildman–Crippen LogP) is 3.96. The van der Waals surface area contributed by atoms with Crippen molar-refractivity contribution >= 4 is 0 Å². The van der Waals surface area contributed by atoms with Gasteiger partial charge in [-0.1, -0.05) is 48.5 Å². The molecule has 0 bridgehead atoms. The average Bonchev–Trinajstić information content (AvgIpc) is 2.76. The SMILES string of the molecule is Cc1ccc(C(c2cccc(OCc3ccccc3)c2)N2CCNCC2)nc1. The number of piperazine rings is 1. The Labute approximate surface area is 167 Å². The molecule has 0 aliphatic carbocycles. The summed E-state index contributed by atoms with van der Waals surface area (Å²) < 4.78 is 6.07. The summed E-state index contributed by atoms with van der Waals surface area (Å²) in [6, 6.07) is 23.2. The van der Waals surface area contributed by atoms with Crippen molar-refractivity contribution in [2.75, 3.05) is 26.2 Å². The summed E-state index contributed by atoms with van der Waals surface area (Å²) in [4.78, 5) is 7.25. The van der Waals surface area contributed by atoms with Crippen LogP contribution in [0.4, 0.5) is 0 Å². The maximum absolute atomic E-state index is 6.07. The summed E-state index contributed by atoms with van der Waals surface area (Å²) in [5.41, 5.74) is 4.67. The number of hydrogen-bond donors (Lipinski definition) is 1. The number of pyridine rings is 1. The van der Waals surface area contributed by atoms with Crippen LogP contribution in [0.2, 0.25) is 0 Å². The van der Waals surface area contributed by atoms with Gasteiger partial charge in [-0.25, -0.2) is 0 Å². The second kappa shape index (κ2) is 9.00. The van der Waals surface area contributed by atoms with Gasteiger partial charge >= 0.3 is 0 Å². The van der Waals surface area contributed by atoms with Gasteiger partial charge in [0.1, 0.15) is 12.4 Å². The van der Waals surface area contributed by atoms with Gasteiger partial charge in [-0.15, -0.1) is 0 Å². The van der Waals surface area contributed by atoms with Gasteiger partial charge in [0.25, 0.3) is 0 Å². The molecule has 1 N–H and O–H groups in total. The minimum Gasteiger partial charge on any atom is -0.489 e. The Bertz CT molecular complexity index is 874. The number of hydrogen-bond acceptors (Lipinski definition) is 4. The zero-order chi connectivity index (χ0) is 19.2. The molecule has 1 atom stereocenters. The summed E-state index contributed by atoms with van der Waals surface area (Å²) in [6.07, 6.45) is 1.96. The maximum Gasteiger partial charge on any atom is 0.120 e. The van der Waals surface area contributed by atoms with Gasteiger partial charge < -0.3 is 10.1 Å². The highest BCUT2D eigenvalue weighted by molar-refractivity contribution is 5.35. The van der Waals surface area contributed by atoms with Crippen LogP contribution >= 0.6 is 0 Å². The minimum absolute atomic E-state index is 0.142. The van der Waals surface area contributed by atoms with Gasteiger partial charge in [0.2, 0.25) is 0 Å². The standard InChI is InChI=1S/C24H27N3O/c1-19-10-11-23(26-17-19)24(27-14-12-25-13-15-27)21-8-5-9-22(16-21)28-18-20-6-3-2-4-7-20/h2-11,16-17,24-25H,12-15,18H2,1H3. The molecular weight excluding hydrogens is 346 g/mol. The number of aromatic nitrogens is 1. The lowest BCUT2D eigenvalue weighted by atomic mass is 10.00. The smallest absolute Gasteiger partial charge is 0.120 e. The first kappa shape index (κ1) is 18.7. The monoisotopic (exact) mass is 373 g/mol. The van der Waals surface area contributed by atoms with Gasteiger partial charge in [-0.2, -0.15) is 0 Å². The van der Waals surface area contributed by atoms with Gasteiger partial charge in [-0.3, -0.25) is 9.88 Å². The molecule has 1 saturated heterocycles. The van der Waals surface area contributed by atoms with E-state index in [1.54, 1.807) is 0 Å². The molecule has 144 valence electrons. The van der Waals surface area contributed by atoms with Crippen molar-refractivity contribution in [2.24, 2.45) is 0 Å². The highest BCUT2D eigenvalue weighted by atomic mass is 16.5. The Balaban J connectivity index is 1.59. The first-order valence-corrected chi connectivity index (χ1v) is 9.93. The summed E-state index contributed by atoms with van der Waals surface area (Å²) >= 11 is 0. The fourth-order valence-corrected chi connectivity index (χ4v) is 3.67.